The molecular formula is C23H22N2O3. The molecule has 0 spiro atoms. The summed E-state index contributed by atoms with van der Waals surface area (Å²) >= 11 is 0. The van der Waals surface area contributed by atoms with Gasteiger partial charge in [-0.15, -0.1) is 0 Å². The van der Waals surface area contributed by atoms with Crippen LogP contribution < -0.4 is 15.4 Å². The summed E-state index contributed by atoms with van der Waals surface area (Å²) in [6.07, 6.45) is 0. The fourth-order valence-electron chi connectivity index (χ4n) is 2.68. The molecule has 2 N–H and O–H groups in total. The maximum absolute atomic E-state index is 12.1. The smallest absolute Gasteiger partial charge is 0.258 e. The summed E-state index contributed by atoms with van der Waals surface area (Å²) in [7, 11) is 0. The predicted molar refractivity (Wildman–Crippen MR) is 109 cm³/mol. The maximum Gasteiger partial charge on any atom is 0.258 e. The van der Waals surface area contributed by atoms with E-state index in [2.05, 4.69) is 10.6 Å². The van der Waals surface area contributed by atoms with Gasteiger partial charge in [0.2, 0.25) is 0 Å². The lowest BCUT2D eigenvalue weighted by Crippen LogP contribution is -2.31. The van der Waals surface area contributed by atoms with Crippen molar-refractivity contribution in [3.8, 4) is 5.75 Å². The largest absolute Gasteiger partial charge is 0.484 e. The molecule has 2 amide bonds. The molecule has 5 nitrogen and oxygen atoms in total. The van der Waals surface area contributed by atoms with Gasteiger partial charge in [-0.05, 0) is 48.9 Å². The summed E-state index contributed by atoms with van der Waals surface area (Å²) in [5.74, 6) is 0.182. The van der Waals surface area contributed by atoms with Crippen LogP contribution in [0.2, 0.25) is 0 Å². The van der Waals surface area contributed by atoms with Crippen LogP contribution in [0, 0.1) is 0 Å². The Morgan fingerprint density at radius 2 is 1.46 bits per heavy atom. The molecule has 0 aliphatic carbocycles. The highest BCUT2D eigenvalue weighted by Crippen LogP contribution is 2.17. The molecule has 3 aromatic carbocycles. The summed E-state index contributed by atoms with van der Waals surface area (Å²) in [5, 5.41) is 5.72. The van der Waals surface area contributed by atoms with E-state index < -0.39 is 0 Å². The van der Waals surface area contributed by atoms with Crippen LogP contribution in [-0.2, 0) is 4.79 Å². The highest BCUT2D eigenvalue weighted by atomic mass is 16.5. The topological polar surface area (TPSA) is 67.4 Å². The van der Waals surface area contributed by atoms with Gasteiger partial charge in [0.25, 0.3) is 11.8 Å². The molecule has 0 saturated carbocycles. The van der Waals surface area contributed by atoms with Gasteiger partial charge < -0.3 is 15.4 Å². The van der Waals surface area contributed by atoms with Crippen molar-refractivity contribution in [1.29, 1.82) is 0 Å². The zero-order valence-electron chi connectivity index (χ0n) is 15.6. The summed E-state index contributed by atoms with van der Waals surface area (Å²) in [6, 6.07) is 25.6. The van der Waals surface area contributed by atoms with E-state index in [4.69, 9.17) is 4.74 Å². The first kappa shape index (κ1) is 19.2. The molecule has 142 valence electrons. The molecule has 1 atom stereocenters. The Labute approximate surface area is 164 Å². The van der Waals surface area contributed by atoms with Crippen molar-refractivity contribution < 1.29 is 14.3 Å². The molecule has 0 fully saturated rings. The molecule has 3 aromatic rings. The second kappa shape index (κ2) is 9.37. The van der Waals surface area contributed by atoms with Gasteiger partial charge in [-0.2, -0.15) is 0 Å². The molecule has 3 rings (SSSR count). The lowest BCUT2D eigenvalue weighted by atomic mass is 10.1. The first-order chi connectivity index (χ1) is 13.6. The van der Waals surface area contributed by atoms with Crippen LogP contribution in [0.1, 0.15) is 28.9 Å². The van der Waals surface area contributed by atoms with Gasteiger partial charge in [-0.3, -0.25) is 9.59 Å². The quantitative estimate of drug-likeness (QED) is 0.651. The molecule has 0 radical (unpaired) electrons. The Morgan fingerprint density at radius 1 is 0.857 bits per heavy atom. The molecule has 0 aliphatic heterocycles. The first-order valence-electron chi connectivity index (χ1n) is 9.05. The zero-order valence-corrected chi connectivity index (χ0v) is 15.6. The van der Waals surface area contributed by atoms with E-state index in [1.165, 1.54) is 0 Å². The van der Waals surface area contributed by atoms with Crippen LogP contribution in [0.3, 0.4) is 0 Å². The minimum Gasteiger partial charge on any atom is -0.484 e. The lowest BCUT2D eigenvalue weighted by molar-refractivity contribution is -0.123. The maximum atomic E-state index is 12.1. The van der Waals surface area contributed by atoms with E-state index in [9.17, 15) is 9.59 Å². The van der Waals surface area contributed by atoms with E-state index in [1.54, 1.807) is 36.4 Å². The molecule has 0 unspecified atom stereocenters. The molecule has 28 heavy (non-hydrogen) atoms. The number of rotatable bonds is 7. The van der Waals surface area contributed by atoms with Crippen molar-refractivity contribution >= 4 is 17.5 Å². The van der Waals surface area contributed by atoms with E-state index in [1.807, 2.05) is 55.5 Å². The van der Waals surface area contributed by atoms with Crippen molar-refractivity contribution in [3.05, 3.63) is 96.1 Å². The monoisotopic (exact) mass is 374 g/mol. The van der Waals surface area contributed by atoms with Crippen LogP contribution in [0.15, 0.2) is 84.9 Å². The molecule has 0 aliphatic rings. The van der Waals surface area contributed by atoms with Crippen LogP contribution in [0.5, 0.6) is 5.75 Å². The SMILES string of the molecule is C[C@@H](NC(=O)COc1ccc(NC(=O)c2ccccc2)cc1)c1ccccc1. The number of anilines is 1. The third-order valence-corrected chi connectivity index (χ3v) is 4.20. The molecule has 5 heteroatoms. The van der Waals surface area contributed by atoms with E-state index in [-0.39, 0.29) is 24.5 Å². The number of hydrogen-bond donors (Lipinski definition) is 2. The van der Waals surface area contributed by atoms with Gasteiger partial charge in [0.15, 0.2) is 6.61 Å². The Balaban J connectivity index is 1.47. The van der Waals surface area contributed by atoms with Gasteiger partial charge in [-0.25, -0.2) is 0 Å². The van der Waals surface area contributed by atoms with Crippen LogP contribution in [0.4, 0.5) is 5.69 Å². The van der Waals surface area contributed by atoms with Crippen molar-refractivity contribution in [2.75, 3.05) is 11.9 Å². The molecule has 0 heterocycles. The lowest BCUT2D eigenvalue weighted by Gasteiger charge is -2.14. The van der Waals surface area contributed by atoms with Gasteiger partial charge in [-0.1, -0.05) is 48.5 Å². The van der Waals surface area contributed by atoms with E-state index in [0.29, 0.717) is 17.0 Å². The second-order valence-corrected chi connectivity index (χ2v) is 6.33. The van der Waals surface area contributed by atoms with E-state index >= 15 is 0 Å². The summed E-state index contributed by atoms with van der Waals surface area (Å²) < 4.78 is 5.52. The number of ether oxygens (including phenoxy) is 1. The minimum absolute atomic E-state index is 0.0765. The first-order valence-corrected chi connectivity index (χ1v) is 9.05. The summed E-state index contributed by atoms with van der Waals surface area (Å²) in [5.41, 5.74) is 2.28. The molecule has 0 saturated heterocycles. The third kappa shape index (κ3) is 5.45. The number of hydrogen-bond acceptors (Lipinski definition) is 3. The predicted octanol–water partition coefficient (Wildman–Crippen LogP) is 4.20. The Morgan fingerprint density at radius 3 is 2.11 bits per heavy atom. The number of carbonyl (C=O) groups excluding carboxylic acids is 2. The Kier molecular flexibility index (Phi) is 6.41. The minimum atomic E-state index is -0.196. The summed E-state index contributed by atoms with van der Waals surface area (Å²) in [4.78, 5) is 24.2. The van der Waals surface area contributed by atoms with Crippen molar-refractivity contribution in [2.45, 2.75) is 13.0 Å². The van der Waals surface area contributed by atoms with Crippen LogP contribution in [-0.4, -0.2) is 18.4 Å². The van der Waals surface area contributed by atoms with Gasteiger partial charge in [0.05, 0.1) is 6.04 Å². The van der Waals surface area contributed by atoms with Gasteiger partial charge in [0.1, 0.15) is 5.75 Å². The standard InChI is InChI=1S/C23H22N2O3/c1-17(18-8-4-2-5-9-18)24-22(26)16-28-21-14-12-20(13-15-21)25-23(27)19-10-6-3-7-11-19/h2-15,17H,16H2,1H3,(H,24,26)(H,25,27)/t17-/m1/s1. The summed E-state index contributed by atoms with van der Waals surface area (Å²) in [6.45, 7) is 1.85. The zero-order chi connectivity index (χ0) is 19.8. The van der Waals surface area contributed by atoms with E-state index in [0.717, 1.165) is 5.56 Å². The fourth-order valence-corrected chi connectivity index (χ4v) is 2.68. The third-order valence-electron chi connectivity index (χ3n) is 4.20. The van der Waals surface area contributed by atoms with Gasteiger partial charge in [0, 0.05) is 11.3 Å². The molecular weight excluding hydrogens is 352 g/mol. The van der Waals surface area contributed by atoms with Crippen LogP contribution >= 0.6 is 0 Å². The highest BCUT2D eigenvalue weighted by molar-refractivity contribution is 6.04. The van der Waals surface area contributed by atoms with Gasteiger partial charge >= 0.3 is 0 Å². The average Bonchev–Trinajstić information content (AvgIpc) is 2.74. The average molecular weight is 374 g/mol. The van der Waals surface area contributed by atoms with Crippen LogP contribution in [0.25, 0.3) is 0 Å². The number of amides is 2. The number of carbonyl (C=O) groups is 2. The Hall–Kier alpha value is -3.60. The van der Waals surface area contributed by atoms with Crippen molar-refractivity contribution in [3.63, 3.8) is 0 Å². The molecule has 0 bridgehead atoms. The Bertz CT molecular complexity index is 910. The normalized spacial score (nSPS) is 11.3. The number of benzene rings is 3. The fraction of sp³-hybridized carbons (Fsp3) is 0.130. The van der Waals surface area contributed by atoms with Crippen molar-refractivity contribution in [1.82, 2.24) is 5.32 Å². The highest BCUT2D eigenvalue weighted by Gasteiger charge is 2.10. The van der Waals surface area contributed by atoms with Crippen molar-refractivity contribution in [2.24, 2.45) is 0 Å². The number of nitrogens with one attached hydrogen (secondary N) is 2. The second-order valence-electron chi connectivity index (χ2n) is 6.33. The molecule has 0 aromatic heterocycles.